The summed E-state index contributed by atoms with van der Waals surface area (Å²) in [6.45, 7) is 11.5. The summed E-state index contributed by atoms with van der Waals surface area (Å²) in [5.41, 5.74) is 1.41. The lowest BCUT2D eigenvalue weighted by atomic mass is 9.80. The van der Waals surface area contributed by atoms with Crippen LogP contribution in [0.2, 0.25) is 0 Å². The molecule has 2 rings (SSSR count). The molecule has 0 aromatic heterocycles. The van der Waals surface area contributed by atoms with Gasteiger partial charge >= 0.3 is 0 Å². The number of aryl methyl sites for hydroxylation is 1. The molecule has 0 spiro atoms. The van der Waals surface area contributed by atoms with Crippen LogP contribution in [0.25, 0.3) is 0 Å². The first-order valence-electron chi connectivity index (χ1n) is 7.79. The Bertz CT molecular complexity index is 518. The Morgan fingerprint density at radius 3 is 2.67 bits per heavy atom. The van der Waals surface area contributed by atoms with Gasteiger partial charge in [0.05, 0.1) is 0 Å². The van der Waals surface area contributed by atoms with Gasteiger partial charge in [-0.15, -0.1) is 0 Å². The van der Waals surface area contributed by atoms with E-state index in [4.69, 9.17) is 0 Å². The fourth-order valence-corrected chi connectivity index (χ4v) is 2.91. The van der Waals surface area contributed by atoms with Crippen LogP contribution in [-0.2, 0) is 0 Å². The van der Waals surface area contributed by atoms with Gasteiger partial charge in [0.2, 0.25) is 0 Å². The highest BCUT2D eigenvalue weighted by molar-refractivity contribution is 5.96. The minimum atomic E-state index is -0.296. The summed E-state index contributed by atoms with van der Waals surface area (Å²) in [4.78, 5) is 14.5. The first-order chi connectivity index (χ1) is 9.77. The number of hydrogen-bond donors (Lipinski definition) is 0. The second-order valence-corrected chi connectivity index (χ2v) is 7.29. The smallest absolute Gasteiger partial charge is 0.164 e. The van der Waals surface area contributed by atoms with Crippen molar-refractivity contribution in [2.24, 2.45) is 11.3 Å². The highest BCUT2D eigenvalue weighted by Gasteiger charge is 2.31. The number of benzene rings is 1. The number of rotatable bonds is 4. The standard InChI is InChI=1S/C18H26FNO/c1-13-5-6-14(11-16(13)19)17(21)8-10-20-9-7-15(12-20)18(2,3)4/h5-6,11,15H,7-10,12H2,1-4H3. The van der Waals surface area contributed by atoms with Crippen molar-refractivity contribution in [1.82, 2.24) is 4.90 Å². The summed E-state index contributed by atoms with van der Waals surface area (Å²) in [7, 11) is 0. The molecule has 3 heteroatoms. The molecular formula is C18H26FNO. The predicted octanol–water partition coefficient (Wildman–Crippen LogP) is 4.07. The van der Waals surface area contributed by atoms with E-state index in [9.17, 15) is 9.18 Å². The van der Waals surface area contributed by atoms with Crippen LogP contribution in [-0.4, -0.2) is 30.3 Å². The molecular weight excluding hydrogens is 265 g/mol. The van der Waals surface area contributed by atoms with Crippen LogP contribution in [0.5, 0.6) is 0 Å². The first kappa shape index (κ1) is 16.2. The second kappa shape index (κ2) is 6.27. The van der Waals surface area contributed by atoms with Gasteiger partial charge in [-0.25, -0.2) is 4.39 Å². The Balaban J connectivity index is 1.86. The van der Waals surface area contributed by atoms with Crippen molar-refractivity contribution in [3.8, 4) is 0 Å². The lowest BCUT2D eigenvalue weighted by Gasteiger charge is -2.27. The van der Waals surface area contributed by atoms with Crippen molar-refractivity contribution in [3.63, 3.8) is 0 Å². The molecule has 1 aromatic carbocycles. The topological polar surface area (TPSA) is 20.3 Å². The molecule has 0 saturated carbocycles. The van der Waals surface area contributed by atoms with Crippen LogP contribution in [0.3, 0.4) is 0 Å². The van der Waals surface area contributed by atoms with E-state index in [0.29, 0.717) is 28.9 Å². The van der Waals surface area contributed by atoms with Gasteiger partial charge in [0, 0.05) is 25.1 Å². The van der Waals surface area contributed by atoms with E-state index in [1.165, 1.54) is 12.5 Å². The Hall–Kier alpha value is -1.22. The summed E-state index contributed by atoms with van der Waals surface area (Å²) in [5, 5.41) is 0. The number of ketones is 1. The maximum absolute atomic E-state index is 13.5. The molecule has 116 valence electrons. The molecule has 1 aliphatic rings. The Morgan fingerprint density at radius 1 is 1.38 bits per heavy atom. The van der Waals surface area contributed by atoms with Gasteiger partial charge in [0.15, 0.2) is 5.78 Å². The zero-order valence-electron chi connectivity index (χ0n) is 13.6. The van der Waals surface area contributed by atoms with Gasteiger partial charge in [0.1, 0.15) is 5.82 Å². The van der Waals surface area contributed by atoms with Crippen LogP contribution in [0.4, 0.5) is 4.39 Å². The van der Waals surface area contributed by atoms with Gasteiger partial charge in [0.25, 0.3) is 0 Å². The number of carbonyl (C=O) groups is 1. The average Bonchev–Trinajstić information content (AvgIpc) is 2.88. The molecule has 1 aliphatic heterocycles. The molecule has 1 atom stereocenters. The van der Waals surface area contributed by atoms with Crippen LogP contribution >= 0.6 is 0 Å². The van der Waals surface area contributed by atoms with Crippen molar-refractivity contribution >= 4 is 5.78 Å². The van der Waals surface area contributed by atoms with Crippen LogP contribution in [0, 0.1) is 24.1 Å². The van der Waals surface area contributed by atoms with Gasteiger partial charge < -0.3 is 4.90 Å². The first-order valence-corrected chi connectivity index (χ1v) is 7.79. The highest BCUT2D eigenvalue weighted by atomic mass is 19.1. The molecule has 1 aromatic rings. The van der Waals surface area contributed by atoms with E-state index in [-0.39, 0.29) is 11.6 Å². The monoisotopic (exact) mass is 291 g/mol. The fraction of sp³-hybridized carbons (Fsp3) is 0.611. The summed E-state index contributed by atoms with van der Waals surface area (Å²) < 4.78 is 13.5. The maximum Gasteiger partial charge on any atom is 0.164 e. The Morgan fingerprint density at radius 2 is 2.10 bits per heavy atom. The van der Waals surface area contributed by atoms with Crippen molar-refractivity contribution in [2.45, 2.75) is 40.5 Å². The summed E-state index contributed by atoms with van der Waals surface area (Å²) in [6.07, 6.45) is 1.68. The van der Waals surface area contributed by atoms with Gasteiger partial charge in [-0.05, 0) is 42.9 Å². The zero-order chi connectivity index (χ0) is 15.6. The van der Waals surface area contributed by atoms with Crippen molar-refractivity contribution in [2.75, 3.05) is 19.6 Å². The molecule has 0 amide bonds. The van der Waals surface area contributed by atoms with Crippen LogP contribution in [0.1, 0.15) is 49.5 Å². The second-order valence-electron chi connectivity index (χ2n) is 7.29. The van der Waals surface area contributed by atoms with E-state index in [2.05, 4.69) is 25.7 Å². The predicted molar refractivity (Wildman–Crippen MR) is 84.1 cm³/mol. The van der Waals surface area contributed by atoms with E-state index in [1.807, 2.05) is 0 Å². The molecule has 1 saturated heterocycles. The van der Waals surface area contributed by atoms with Crippen LogP contribution in [0.15, 0.2) is 18.2 Å². The number of halogens is 1. The van der Waals surface area contributed by atoms with Gasteiger partial charge in [-0.3, -0.25) is 4.79 Å². The Kier molecular flexibility index (Phi) is 4.82. The number of nitrogens with zero attached hydrogens (tertiary/aromatic N) is 1. The minimum absolute atomic E-state index is 0.0353. The third-order valence-corrected chi connectivity index (χ3v) is 4.65. The number of hydrogen-bond acceptors (Lipinski definition) is 2. The SMILES string of the molecule is Cc1ccc(C(=O)CCN2CCC(C(C)(C)C)C2)cc1F. The lowest BCUT2D eigenvalue weighted by molar-refractivity contribution is 0.0966. The molecule has 0 N–H and O–H groups in total. The third kappa shape index (κ3) is 4.13. The van der Waals surface area contributed by atoms with E-state index < -0.39 is 0 Å². The van der Waals surface area contributed by atoms with Crippen molar-refractivity contribution in [1.29, 1.82) is 0 Å². The quantitative estimate of drug-likeness (QED) is 0.779. The molecule has 0 radical (unpaired) electrons. The molecule has 1 heterocycles. The molecule has 1 fully saturated rings. The molecule has 1 unspecified atom stereocenters. The van der Waals surface area contributed by atoms with E-state index >= 15 is 0 Å². The van der Waals surface area contributed by atoms with Gasteiger partial charge in [-0.1, -0.05) is 32.9 Å². The van der Waals surface area contributed by atoms with Crippen LogP contribution < -0.4 is 0 Å². The third-order valence-electron chi connectivity index (χ3n) is 4.65. The number of Topliss-reactive ketones (excluding diaryl/α,β-unsaturated/α-hetero) is 1. The fourth-order valence-electron chi connectivity index (χ4n) is 2.91. The zero-order valence-corrected chi connectivity index (χ0v) is 13.6. The van der Waals surface area contributed by atoms with Crippen molar-refractivity contribution in [3.05, 3.63) is 35.1 Å². The summed E-state index contributed by atoms with van der Waals surface area (Å²) in [5.74, 6) is 0.437. The summed E-state index contributed by atoms with van der Waals surface area (Å²) in [6, 6.07) is 4.76. The number of carbonyl (C=O) groups excluding carboxylic acids is 1. The number of likely N-dealkylation sites (tertiary alicyclic amines) is 1. The van der Waals surface area contributed by atoms with Gasteiger partial charge in [-0.2, -0.15) is 0 Å². The van der Waals surface area contributed by atoms with E-state index in [0.717, 1.165) is 19.6 Å². The Labute approximate surface area is 127 Å². The molecule has 2 nitrogen and oxygen atoms in total. The molecule has 21 heavy (non-hydrogen) atoms. The normalized spacial score (nSPS) is 20.0. The van der Waals surface area contributed by atoms with Crippen molar-refractivity contribution < 1.29 is 9.18 Å². The average molecular weight is 291 g/mol. The molecule has 0 bridgehead atoms. The summed E-state index contributed by atoms with van der Waals surface area (Å²) >= 11 is 0. The largest absolute Gasteiger partial charge is 0.303 e. The highest BCUT2D eigenvalue weighted by Crippen LogP contribution is 2.33. The lowest BCUT2D eigenvalue weighted by Crippen LogP contribution is -2.27. The maximum atomic E-state index is 13.5. The minimum Gasteiger partial charge on any atom is -0.303 e. The molecule has 0 aliphatic carbocycles. The van der Waals surface area contributed by atoms with E-state index in [1.54, 1.807) is 19.1 Å².